The third-order valence-corrected chi connectivity index (χ3v) is 6.97. The second-order valence-electron chi connectivity index (χ2n) is 9.55. The van der Waals surface area contributed by atoms with Crippen molar-refractivity contribution in [2.24, 2.45) is 0 Å². The van der Waals surface area contributed by atoms with Gasteiger partial charge in [0.25, 0.3) is 5.91 Å². The molecule has 0 radical (unpaired) electrons. The predicted octanol–water partition coefficient (Wildman–Crippen LogP) is 6.35. The molecular weight excluding hydrogens is 432 g/mol. The molecule has 2 heterocycles. The summed E-state index contributed by atoms with van der Waals surface area (Å²) in [5.41, 5.74) is 3.54. The van der Waals surface area contributed by atoms with Crippen molar-refractivity contribution in [1.29, 1.82) is 0 Å². The lowest BCUT2D eigenvalue weighted by molar-refractivity contribution is 0.0890. The number of aromatic nitrogens is 2. The first-order chi connectivity index (χ1) is 15.3. The van der Waals surface area contributed by atoms with Crippen LogP contribution in [0, 0.1) is 6.92 Å². The molecule has 176 valence electrons. The van der Waals surface area contributed by atoms with Crippen molar-refractivity contribution in [2.75, 3.05) is 5.32 Å². The summed E-state index contributed by atoms with van der Waals surface area (Å²) in [5, 5.41) is 11.6. The first-order valence-corrected chi connectivity index (χ1v) is 11.6. The van der Waals surface area contributed by atoms with Gasteiger partial charge in [0.1, 0.15) is 11.4 Å². The number of hydrogen-bond donors (Lipinski definition) is 2. The van der Waals surface area contributed by atoms with Crippen LogP contribution in [0.5, 0.6) is 0 Å². The van der Waals surface area contributed by atoms with E-state index in [1.165, 1.54) is 11.1 Å². The van der Waals surface area contributed by atoms with Gasteiger partial charge in [0.2, 0.25) is 0 Å². The number of aryl methyl sites for hydroxylation is 1. The molecule has 2 N–H and O–H groups in total. The third kappa shape index (κ3) is 4.65. The zero-order chi connectivity index (χ0) is 22.9. The van der Waals surface area contributed by atoms with Crippen molar-refractivity contribution >= 4 is 24.1 Å². The molecule has 3 aromatic rings. The maximum atomic E-state index is 13.6. The van der Waals surface area contributed by atoms with Crippen molar-refractivity contribution < 1.29 is 4.79 Å². The van der Waals surface area contributed by atoms with Crippen molar-refractivity contribution in [2.45, 2.75) is 71.0 Å². The molecule has 0 spiro atoms. The molecule has 0 bridgehead atoms. The fourth-order valence-corrected chi connectivity index (χ4v) is 4.87. The molecule has 0 unspecified atom stereocenters. The molecular formula is C27H35ClN4O. The summed E-state index contributed by atoms with van der Waals surface area (Å²) in [5.74, 6) is 0.699. The average molecular weight is 467 g/mol. The lowest BCUT2D eigenvalue weighted by Crippen LogP contribution is -2.45. The van der Waals surface area contributed by atoms with Crippen LogP contribution in [0.2, 0.25) is 0 Å². The molecule has 4 rings (SSSR count). The van der Waals surface area contributed by atoms with Crippen LogP contribution in [0.1, 0.15) is 80.0 Å². The summed E-state index contributed by atoms with van der Waals surface area (Å²) in [7, 11) is 0. The van der Waals surface area contributed by atoms with Crippen molar-refractivity contribution in [3.63, 3.8) is 0 Å². The van der Waals surface area contributed by atoms with E-state index in [4.69, 9.17) is 0 Å². The summed E-state index contributed by atoms with van der Waals surface area (Å²) in [6.07, 6.45) is 4.22. The number of nitrogens with one attached hydrogen (secondary N) is 2. The Labute approximate surface area is 203 Å². The van der Waals surface area contributed by atoms with Crippen LogP contribution in [0.15, 0.2) is 60.8 Å². The smallest absolute Gasteiger partial charge is 0.257 e. The number of nitrogens with zero attached hydrogens (tertiary/aromatic N) is 2. The Kier molecular flexibility index (Phi) is 7.23. The van der Waals surface area contributed by atoms with Gasteiger partial charge in [0, 0.05) is 0 Å². The summed E-state index contributed by atoms with van der Waals surface area (Å²) < 4.78 is 1.97. The van der Waals surface area contributed by atoms with Gasteiger partial charge in [-0.15, -0.1) is 12.4 Å². The number of carbonyl (C=O) groups excluding carboxylic acids is 1. The van der Waals surface area contributed by atoms with E-state index in [1.54, 1.807) is 6.20 Å². The Morgan fingerprint density at radius 1 is 1.12 bits per heavy atom. The number of carbonyl (C=O) groups is 1. The average Bonchev–Trinajstić information content (AvgIpc) is 3.24. The maximum Gasteiger partial charge on any atom is 0.257 e. The number of amides is 1. The number of hydrogen-bond acceptors (Lipinski definition) is 3. The molecule has 1 aliphatic heterocycles. The minimum atomic E-state index is -0.414. The monoisotopic (exact) mass is 466 g/mol. The summed E-state index contributed by atoms with van der Waals surface area (Å²) in [4.78, 5) is 13.6. The normalized spacial score (nSPS) is 16.8. The number of fused-ring (bicyclic) bond motifs is 1. The lowest BCUT2D eigenvalue weighted by atomic mass is 9.84. The fraction of sp³-hybridized carbons (Fsp3) is 0.407. The van der Waals surface area contributed by atoms with Gasteiger partial charge in [0.15, 0.2) is 0 Å². The molecule has 6 heteroatoms. The quantitative estimate of drug-likeness (QED) is 0.445. The molecule has 0 saturated carbocycles. The number of rotatable bonds is 6. The topological polar surface area (TPSA) is 59.0 Å². The Bertz CT molecular complexity index is 1090. The first kappa shape index (κ1) is 24.8. The van der Waals surface area contributed by atoms with Gasteiger partial charge in [-0.05, 0) is 51.2 Å². The summed E-state index contributed by atoms with van der Waals surface area (Å²) in [6.45, 7) is 10.7. The van der Waals surface area contributed by atoms with Gasteiger partial charge in [-0.3, -0.25) is 4.79 Å². The van der Waals surface area contributed by atoms with E-state index in [0.29, 0.717) is 5.56 Å². The fourth-order valence-electron chi connectivity index (χ4n) is 4.87. The molecule has 0 aliphatic carbocycles. The molecule has 1 atom stereocenters. The van der Waals surface area contributed by atoms with Crippen LogP contribution in [0.4, 0.5) is 5.82 Å². The molecule has 1 aliphatic rings. The second kappa shape index (κ2) is 9.60. The maximum absolute atomic E-state index is 13.6. The second-order valence-corrected chi connectivity index (χ2v) is 9.55. The Balaban J connectivity index is 0.00000306. The van der Waals surface area contributed by atoms with Crippen LogP contribution in [0.3, 0.4) is 0 Å². The van der Waals surface area contributed by atoms with Gasteiger partial charge < -0.3 is 10.6 Å². The van der Waals surface area contributed by atoms with Crippen LogP contribution in [-0.2, 0) is 11.1 Å². The molecule has 33 heavy (non-hydrogen) atoms. The molecule has 5 nitrogen and oxygen atoms in total. The molecule has 1 aromatic heterocycles. The van der Waals surface area contributed by atoms with E-state index in [2.05, 4.69) is 98.9 Å². The first-order valence-electron chi connectivity index (χ1n) is 11.6. The summed E-state index contributed by atoms with van der Waals surface area (Å²) >= 11 is 0. The van der Waals surface area contributed by atoms with Crippen LogP contribution in [-0.4, -0.2) is 15.7 Å². The SMILES string of the molecule is CCC(CC)(NC(=O)c1cnn2c1N[C@H](c1ccccc1)CC2(C)C)c1ccc(C)cc1.Cl. The number of halogens is 1. The molecule has 2 aromatic carbocycles. The zero-order valence-corrected chi connectivity index (χ0v) is 21.0. The van der Waals surface area contributed by atoms with Gasteiger partial charge in [-0.1, -0.05) is 74.0 Å². The Hall–Kier alpha value is -2.79. The molecule has 0 fully saturated rings. The van der Waals surface area contributed by atoms with Gasteiger partial charge in [0.05, 0.1) is 23.3 Å². The Morgan fingerprint density at radius 3 is 2.36 bits per heavy atom. The largest absolute Gasteiger partial charge is 0.363 e. The van der Waals surface area contributed by atoms with E-state index in [0.717, 1.165) is 30.6 Å². The minimum Gasteiger partial charge on any atom is -0.363 e. The van der Waals surface area contributed by atoms with Crippen LogP contribution in [0.25, 0.3) is 0 Å². The predicted molar refractivity (Wildman–Crippen MR) is 137 cm³/mol. The standard InChI is InChI=1S/C27H34N4O.ClH/c1-6-27(7-2,21-15-13-19(3)14-16-21)30-25(32)22-18-28-31-24(22)29-23(17-26(31,4)5)20-11-9-8-10-12-20;/h8-16,18,23,29H,6-7,17H2,1-5H3,(H,30,32);1H/t23-;/m0./s1. The van der Waals surface area contributed by atoms with Crippen molar-refractivity contribution in [3.8, 4) is 0 Å². The number of anilines is 1. The van der Waals surface area contributed by atoms with Gasteiger partial charge in [-0.2, -0.15) is 5.10 Å². The van der Waals surface area contributed by atoms with E-state index in [-0.39, 0.29) is 29.9 Å². The number of benzene rings is 2. The Morgan fingerprint density at radius 2 is 1.76 bits per heavy atom. The lowest BCUT2D eigenvalue weighted by Gasteiger charge is -2.38. The van der Waals surface area contributed by atoms with E-state index in [1.807, 2.05) is 10.7 Å². The van der Waals surface area contributed by atoms with Crippen molar-refractivity contribution in [1.82, 2.24) is 15.1 Å². The molecule has 0 saturated heterocycles. The minimum absolute atomic E-state index is 0. The highest BCUT2D eigenvalue weighted by Gasteiger charge is 2.38. The van der Waals surface area contributed by atoms with Crippen LogP contribution < -0.4 is 10.6 Å². The van der Waals surface area contributed by atoms with Crippen LogP contribution >= 0.6 is 12.4 Å². The highest BCUT2D eigenvalue weighted by Crippen LogP contribution is 2.40. The zero-order valence-electron chi connectivity index (χ0n) is 20.2. The third-order valence-electron chi connectivity index (χ3n) is 6.97. The summed E-state index contributed by atoms with van der Waals surface area (Å²) in [6, 6.07) is 19.0. The van der Waals surface area contributed by atoms with Gasteiger partial charge in [-0.25, -0.2) is 4.68 Å². The highest BCUT2D eigenvalue weighted by molar-refractivity contribution is 5.99. The van der Waals surface area contributed by atoms with E-state index in [9.17, 15) is 4.79 Å². The van der Waals surface area contributed by atoms with Gasteiger partial charge >= 0.3 is 0 Å². The van der Waals surface area contributed by atoms with E-state index >= 15 is 0 Å². The molecule has 1 amide bonds. The highest BCUT2D eigenvalue weighted by atomic mass is 35.5. The van der Waals surface area contributed by atoms with E-state index < -0.39 is 5.54 Å². The van der Waals surface area contributed by atoms with Crippen molar-refractivity contribution in [3.05, 3.63) is 83.0 Å².